The van der Waals surface area contributed by atoms with Crippen molar-refractivity contribution < 1.29 is 24.2 Å². The zero-order chi connectivity index (χ0) is 21.5. The van der Waals surface area contributed by atoms with E-state index in [0.717, 1.165) is 34.1 Å². The van der Waals surface area contributed by atoms with E-state index >= 15 is 0 Å². The van der Waals surface area contributed by atoms with Crippen molar-refractivity contribution in [2.45, 2.75) is 34.7 Å². The van der Waals surface area contributed by atoms with Crippen LogP contribution in [0, 0.1) is 0 Å². The molecule has 2 aromatic carbocycles. The summed E-state index contributed by atoms with van der Waals surface area (Å²) < 4.78 is 4.88. The summed E-state index contributed by atoms with van der Waals surface area (Å²) in [5, 5.41) is 9.42. The van der Waals surface area contributed by atoms with Crippen molar-refractivity contribution in [3.05, 3.63) is 48.5 Å². The third kappa shape index (κ3) is 7.04. The fourth-order valence-electron chi connectivity index (χ4n) is 3.43. The molecule has 2 aromatic rings. The molecule has 0 aromatic heterocycles. The number of likely N-dealkylation sites (tertiary alicyclic amines) is 1. The molecule has 1 saturated heterocycles. The standard InChI is InChI=1S/C20H25N2O5PS2/c21-20(24)11-22-14(12-29-18-7-3-16(23)4-8-18)1-2-15(22)13-30-19-9-5-17(6-10-19)27-28(25)26/h3-10,14-15,23,25-26H,1-2,11-13H2,(H2,21,24)/t14-,15+/m1/s1. The second-order valence-corrected chi connectivity index (χ2v) is 9.83. The number of primary amides is 1. The largest absolute Gasteiger partial charge is 0.508 e. The maximum Gasteiger partial charge on any atom is 0.391 e. The van der Waals surface area contributed by atoms with Gasteiger partial charge in [-0.3, -0.25) is 9.69 Å². The zero-order valence-electron chi connectivity index (χ0n) is 16.3. The smallest absolute Gasteiger partial charge is 0.391 e. The van der Waals surface area contributed by atoms with Gasteiger partial charge in [-0.2, -0.15) is 0 Å². The summed E-state index contributed by atoms with van der Waals surface area (Å²) in [7, 11) is -2.42. The van der Waals surface area contributed by atoms with Crippen LogP contribution >= 0.6 is 32.1 Å². The number of nitrogens with two attached hydrogens (primary N) is 1. The molecule has 7 nitrogen and oxygen atoms in total. The molecule has 0 aliphatic carbocycles. The molecule has 162 valence electrons. The maximum atomic E-state index is 11.6. The number of aromatic hydroxyl groups is 1. The Labute approximate surface area is 185 Å². The van der Waals surface area contributed by atoms with Crippen LogP contribution in [0.15, 0.2) is 58.3 Å². The van der Waals surface area contributed by atoms with E-state index in [1.807, 2.05) is 24.3 Å². The van der Waals surface area contributed by atoms with Gasteiger partial charge in [-0.15, -0.1) is 23.5 Å². The highest BCUT2D eigenvalue weighted by atomic mass is 32.2. The Hall–Kier alpha value is -1.48. The summed E-state index contributed by atoms with van der Waals surface area (Å²) in [6, 6.07) is 14.8. The van der Waals surface area contributed by atoms with Gasteiger partial charge in [0.15, 0.2) is 0 Å². The lowest BCUT2D eigenvalue weighted by Gasteiger charge is -2.28. The van der Waals surface area contributed by atoms with E-state index in [4.69, 9.17) is 20.0 Å². The lowest BCUT2D eigenvalue weighted by molar-refractivity contribution is -0.119. The molecular weight excluding hydrogens is 443 g/mol. The van der Waals surface area contributed by atoms with Crippen LogP contribution in [0.3, 0.4) is 0 Å². The van der Waals surface area contributed by atoms with E-state index in [2.05, 4.69) is 4.90 Å². The van der Waals surface area contributed by atoms with Crippen molar-refractivity contribution in [1.82, 2.24) is 4.90 Å². The first-order chi connectivity index (χ1) is 14.4. The number of hydrogen-bond acceptors (Lipinski definition) is 8. The van der Waals surface area contributed by atoms with Crippen molar-refractivity contribution >= 4 is 38.0 Å². The summed E-state index contributed by atoms with van der Waals surface area (Å²) in [5.41, 5.74) is 5.51. The average Bonchev–Trinajstić information content (AvgIpc) is 3.07. The number of thioether (sulfide) groups is 2. The van der Waals surface area contributed by atoms with Gasteiger partial charge in [0.1, 0.15) is 11.5 Å². The number of nitrogens with zero attached hydrogens (tertiary/aromatic N) is 1. The van der Waals surface area contributed by atoms with Crippen LogP contribution in [0.25, 0.3) is 0 Å². The maximum absolute atomic E-state index is 11.6. The molecule has 1 aliphatic rings. The number of phenolic OH excluding ortho intramolecular Hbond substituents is 1. The lowest BCUT2D eigenvalue weighted by atomic mass is 10.2. The molecule has 0 spiro atoms. The normalized spacial score (nSPS) is 19.3. The summed E-state index contributed by atoms with van der Waals surface area (Å²) in [6.45, 7) is 0.245. The van der Waals surface area contributed by atoms with Gasteiger partial charge in [-0.05, 0) is 61.4 Å². The molecule has 0 radical (unpaired) electrons. The summed E-state index contributed by atoms with van der Waals surface area (Å²) in [4.78, 5) is 33.8. The molecule has 30 heavy (non-hydrogen) atoms. The molecule has 5 N–H and O–H groups in total. The highest BCUT2D eigenvalue weighted by Crippen LogP contribution is 2.34. The molecule has 0 saturated carbocycles. The SMILES string of the molecule is NC(=O)CN1[C@@H](CSc2ccc(O)cc2)CC[C@H]1CSc1ccc(OP(O)O)cc1. The van der Waals surface area contributed by atoms with E-state index in [1.165, 1.54) is 0 Å². The van der Waals surface area contributed by atoms with Crippen molar-refractivity contribution in [3.8, 4) is 11.5 Å². The third-order valence-corrected chi connectivity index (χ3v) is 7.53. The molecular formula is C20H25N2O5PS2. The second-order valence-electron chi connectivity index (χ2n) is 6.95. The molecule has 1 fully saturated rings. The van der Waals surface area contributed by atoms with Gasteiger partial charge in [0.25, 0.3) is 0 Å². The van der Waals surface area contributed by atoms with Crippen molar-refractivity contribution in [2.75, 3.05) is 18.1 Å². The highest BCUT2D eigenvalue weighted by molar-refractivity contribution is 7.99. The van der Waals surface area contributed by atoms with E-state index in [-0.39, 0.29) is 30.3 Å². The topological polar surface area (TPSA) is 116 Å². The molecule has 3 rings (SSSR count). The monoisotopic (exact) mass is 468 g/mol. The highest BCUT2D eigenvalue weighted by Gasteiger charge is 2.34. The molecule has 1 aliphatic heterocycles. The number of phenols is 1. The Morgan fingerprint density at radius 1 is 1.00 bits per heavy atom. The fraction of sp³-hybridized carbons (Fsp3) is 0.350. The lowest BCUT2D eigenvalue weighted by Crippen LogP contribution is -2.44. The Morgan fingerprint density at radius 3 is 1.97 bits per heavy atom. The van der Waals surface area contributed by atoms with Gasteiger partial charge in [0.2, 0.25) is 5.91 Å². The first kappa shape index (κ1) is 23.2. The van der Waals surface area contributed by atoms with Crippen LogP contribution < -0.4 is 10.3 Å². The Morgan fingerprint density at radius 2 is 1.50 bits per heavy atom. The van der Waals surface area contributed by atoms with E-state index in [0.29, 0.717) is 5.75 Å². The number of hydrogen-bond donors (Lipinski definition) is 4. The summed E-state index contributed by atoms with van der Waals surface area (Å²) in [5.74, 6) is 2.04. The number of carbonyl (C=O) groups excluding carboxylic acids is 1. The van der Waals surface area contributed by atoms with E-state index < -0.39 is 8.60 Å². The predicted octanol–water partition coefficient (Wildman–Crippen LogP) is 3.19. The van der Waals surface area contributed by atoms with E-state index in [9.17, 15) is 9.90 Å². The second kappa shape index (κ2) is 11.2. The predicted molar refractivity (Wildman–Crippen MR) is 121 cm³/mol. The molecule has 1 amide bonds. The van der Waals surface area contributed by atoms with Gasteiger partial charge in [0, 0.05) is 33.4 Å². The van der Waals surface area contributed by atoms with Crippen molar-refractivity contribution in [1.29, 1.82) is 0 Å². The summed E-state index contributed by atoms with van der Waals surface area (Å²) in [6.07, 6.45) is 2.01. The minimum Gasteiger partial charge on any atom is -0.508 e. The van der Waals surface area contributed by atoms with Crippen molar-refractivity contribution in [3.63, 3.8) is 0 Å². The first-order valence-electron chi connectivity index (χ1n) is 9.45. The van der Waals surface area contributed by atoms with Gasteiger partial charge >= 0.3 is 8.60 Å². The summed E-state index contributed by atoms with van der Waals surface area (Å²) >= 11 is 3.41. The Kier molecular flexibility index (Phi) is 8.68. The number of carbonyl (C=O) groups is 1. The van der Waals surface area contributed by atoms with Gasteiger partial charge in [-0.25, -0.2) is 0 Å². The van der Waals surface area contributed by atoms with Crippen LogP contribution in [0.2, 0.25) is 0 Å². The quantitative estimate of drug-likeness (QED) is 0.310. The molecule has 1 heterocycles. The third-order valence-electron chi connectivity index (χ3n) is 4.84. The number of amides is 1. The fourth-order valence-corrected chi connectivity index (χ4v) is 5.88. The number of benzene rings is 2. The van der Waals surface area contributed by atoms with E-state index in [1.54, 1.807) is 47.8 Å². The number of rotatable bonds is 10. The van der Waals surface area contributed by atoms with Gasteiger partial charge in [0.05, 0.1) is 6.54 Å². The zero-order valence-corrected chi connectivity index (χ0v) is 18.8. The Balaban J connectivity index is 1.55. The van der Waals surface area contributed by atoms with Crippen LogP contribution in [0.5, 0.6) is 11.5 Å². The van der Waals surface area contributed by atoms with Gasteiger partial charge < -0.3 is 25.2 Å². The van der Waals surface area contributed by atoms with Crippen LogP contribution in [0.1, 0.15) is 12.8 Å². The molecule has 0 unspecified atom stereocenters. The van der Waals surface area contributed by atoms with Gasteiger partial charge in [-0.1, -0.05) is 0 Å². The van der Waals surface area contributed by atoms with Crippen LogP contribution in [-0.4, -0.2) is 55.8 Å². The Bertz CT molecular complexity index is 823. The van der Waals surface area contributed by atoms with Crippen LogP contribution in [-0.2, 0) is 4.79 Å². The van der Waals surface area contributed by atoms with Crippen molar-refractivity contribution in [2.24, 2.45) is 5.73 Å². The minimum absolute atomic E-state index is 0.245. The minimum atomic E-state index is -2.42. The molecule has 10 heteroatoms. The van der Waals surface area contributed by atoms with Crippen LogP contribution in [0.4, 0.5) is 0 Å². The first-order valence-corrected chi connectivity index (χ1v) is 12.6. The molecule has 0 bridgehead atoms. The average molecular weight is 469 g/mol. The molecule has 2 atom stereocenters.